The fraction of sp³-hybridized carbons (Fsp3) is 0.250. The van der Waals surface area contributed by atoms with Gasteiger partial charge in [0, 0.05) is 59.2 Å². The number of carbonyl (C=O) groups is 1. The number of H-pyrrole nitrogens is 2. The molecule has 1 atom stereocenters. The normalized spacial score (nSPS) is 15.3. The highest BCUT2D eigenvalue weighted by molar-refractivity contribution is 6.31. The van der Waals surface area contributed by atoms with E-state index in [2.05, 4.69) is 46.2 Å². The van der Waals surface area contributed by atoms with Crippen molar-refractivity contribution in [2.75, 3.05) is 6.54 Å². The van der Waals surface area contributed by atoms with Gasteiger partial charge in [-0.1, -0.05) is 47.5 Å². The van der Waals surface area contributed by atoms with E-state index in [0.29, 0.717) is 0 Å². The van der Waals surface area contributed by atoms with E-state index in [1.807, 2.05) is 24.4 Å². The van der Waals surface area contributed by atoms with Gasteiger partial charge in [0.25, 0.3) is 5.91 Å². The molecular formula is C28H28Cl2N4O2. The first-order chi connectivity index (χ1) is 17.4. The van der Waals surface area contributed by atoms with Gasteiger partial charge in [-0.05, 0) is 72.2 Å². The fourth-order valence-electron chi connectivity index (χ4n) is 5.16. The van der Waals surface area contributed by atoms with Gasteiger partial charge in [0.15, 0.2) is 0 Å². The number of carbonyl (C=O) groups excluding carboxylic acids is 1. The van der Waals surface area contributed by atoms with Crippen LogP contribution in [0.25, 0.3) is 17.0 Å². The summed E-state index contributed by atoms with van der Waals surface area (Å²) >= 11 is 12.5. The zero-order valence-corrected chi connectivity index (χ0v) is 21.5. The molecular weight excluding hydrogens is 495 g/mol. The van der Waals surface area contributed by atoms with Gasteiger partial charge in [-0.25, -0.2) is 5.48 Å². The van der Waals surface area contributed by atoms with Gasteiger partial charge in [-0.2, -0.15) is 0 Å². The Labute approximate surface area is 219 Å². The molecule has 4 aromatic rings. The molecule has 186 valence electrons. The zero-order chi connectivity index (χ0) is 25.2. The molecule has 1 aliphatic rings. The van der Waals surface area contributed by atoms with Crippen molar-refractivity contribution in [1.82, 2.24) is 20.3 Å². The van der Waals surface area contributed by atoms with Crippen molar-refractivity contribution >= 4 is 46.1 Å². The number of nitrogens with one attached hydrogen (secondary N) is 3. The number of hydrogen-bond donors (Lipinski definition) is 4. The fourth-order valence-corrected chi connectivity index (χ4v) is 5.50. The molecule has 36 heavy (non-hydrogen) atoms. The summed E-state index contributed by atoms with van der Waals surface area (Å²) in [5.41, 5.74) is 9.72. The number of nitrogens with zero attached hydrogens (tertiary/aromatic N) is 1. The number of fused-ring (bicyclic) bond motifs is 2. The quantitative estimate of drug-likeness (QED) is 0.123. The van der Waals surface area contributed by atoms with Crippen molar-refractivity contribution in [1.29, 1.82) is 0 Å². The summed E-state index contributed by atoms with van der Waals surface area (Å²) < 4.78 is 0. The van der Waals surface area contributed by atoms with Crippen LogP contribution in [0.1, 0.15) is 46.0 Å². The molecule has 6 nitrogen and oxygen atoms in total. The smallest absolute Gasteiger partial charge is 0.267 e. The van der Waals surface area contributed by atoms with Crippen molar-refractivity contribution in [2.24, 2.45) is 0 Å². The summed E-state index contributed by atoms with van der Waals surface area (Å²) in [7, 11) is 0. The second-order valence-electron chi connectivity index (χ2n) is 9.29. The lowest BCUT2D eigenvalue weighted by atomic mass is 10.0. The number of hydroxylamine groups is 1. The van der Waals surface area contributed by atoms with Crippen LogP contribution in [0, 0.1) is 6.92 Å². The van der Waals surface area contributed by atoms with Crippen LogP contribution in [0.15, 0.2) is 54.9 Å². The molecule has 8 heteroatoms. The molecule has 1 unspecified atom stereocenters. The molecule has 2 heterocycles. The van der Waals surface area contributed by atoms with Crippen molar-refractivity contribution in [3.63, 3.8) is 0 Å². The van der Waals surface area contributed by atoms with Gasteiger partial charge in [0.05, 0.1) is 5.02 Å². The topological polar surface area (TPSA) is 84.2 Å². The van der Waals surface area contributed by atoms with E-state index < -0.39 is 5.91 Å². The van der Waals surface area contributed by atoms with Gasteiger partial charge in [-0.3, -0.25) is 14.9 Å². The first kappa shape index (κ1) is 24.7. The Kier molecular flexibility index (Phi) is 7.21. The van der Waals surface area contributed by atoms with Gasteiger partial charge < -0.3 is 9.97 Å². The Morgan fingerprint density at radius 1 is 1.19 bits per heavy atom. The average Bonchev–Trinajstić information content (AvgIpc) is 3.57. The third-order valence-electron chi connectivity index (χ3n) is 7.13. The van der Waals surface area contributed by atoms with E-state index in [-0.39, 0.29) is 6.04 Å². The van der Waals surface area contributed by atoms with Crippen molar-refractivity contribution in [3.05, 3.63) is 98.4 Å². The lowest BCUT2D eigenvalue weighted by Gasteiger charge is -2.30. The molecule has 0 fully saturated rings. The largest absolute Gasteiger partial charge is 0.362 e. The number of benzene rings is 2. The summed E-state index contributed by atoms with van der Waals surface area (Å²) in [6.07, 6.45) is 9.88. The van der Waals surface area contributed by atoms with Crippen LogP contribution in [0.4, 0.5) is 0 Å². The summed E-state index contributed by atoms with van der Waals surface area (Å²) in [4.78, 5) is 20.6. The van der Waals surface area contributed by atoms with Crippen molar-refractivity contribution < 1.29 is 10.0 Å². The van der Waals surface area contributed by atoms with E-state index in [0.717, 1.165) is 64.7 Å². The molecule has 0 aliphatic heterocycles. The number of halogens is 2. The Balaban J connectivity index is 1.41. The van der Waals surface area contributed by atoms with Crippen LogP contribution >= 0.6 is 23.2 Å². The number of aromatic nitrogens is 2. The minimum Gasteiger partial charge on any atom is -0.362 e. The summed E-state index contributed by atoms with van der Waals surface area (Å²) in [5.74, 6) is -0.543. The molecule has 4 N–H and O–H groups in total. The molecule has 1 amide bonds. The Bertz CT molecular complexity index is 1440. The Hall–Kier alpha value is -3.03. The average molecular weight is 523 g/mol. The van der Waals surface area contributed by atoms with E-state index in [4.69, 9.17) is 28.4 Å². The highest BCUT2D eigenvalue weighted by Crippen LogP contribution is 2.38. The second kappa shape index (κ2) is 10.5. The van der Waals surface area contributed by atoms with Gasteiger partial charge in [-0.15, -0.1) is 0 Å². The standard InChI is InChI=1S/C28H28Cl2N4O2/c1-17-24(30)15-32-26(17)16-34(11-10-20-14-31-25-13-21(29)5-7-22(20)25)27-8-4-19-12-18(2-6-23(19)27)3-9-28(35)33-36/h2-3,5-7,9,12-15,27,31-32,36H,4,8,10-11,16H2,1H3,(H,33,35). The number of hydrogen-bond acceptors (Lipinski definition) is 3. The maximum Gasteiger partial charge on any atom is 0.267 e. The van der Waals surface area contributed by atoms with E-state index in [1.165, 1.54) is 28.2 Å². The third-order valence-corrected chi connectivity index (χ3v) is 7.76. The number of amides is 1. The van der Waals surface area contributed by atoms with E-state index >= 15 is 0 Å². The number of aryl methyl sites for hydroxylation is 1. The van der Waals surface area contributed by atoms with Crippen LogP contribution in [-0.2, 0) is 24.2 Å². The lowest BCUT2D eigenvalue weighted by molar-refractivity contribution is -0.124. The van der Waals surface area contributed by atoms with E-state index in [9.17, 15) is 4.79 Å². The van der Waals surface area contributed by atoms with E-state index in [1.54, 1.807) is 11.6 Å². The van der Waals surface area contributed by atoms with Crippen molar-refractivity contribution in [2.45, 2.75) is 38.8 Å². The minimum atomic E-state index is -0.543. The zero-order valence-electron chi connectivity index (χ0n) is 19.9. The first-order valence-corrected chi connectivity index (χ1v) is 12.8. The maximum atomic E-state index is 11.4. The van der Waals surface area contributed by atoms with Crippen LogP contribution in [-0.4, -0.2) is 32.5 Å². The molecule has 2 aromatic carbocycles. The molecule has 5 rings (SSSR count). The molecule has 0 saturated heterocycles. The van der Waals surface area contributed by atoms with Gasteiger partial charge >= 0.3 is 0 Å². The second-order valence-corrected chi connectivity index (χ2v) is 10.1. The molecule has 2 aromatic heterocycles. The monoisotopic (exact) mass is 522 g/mol. The molecule has 1 aliphatic carbocycles. The minimum absolute atomic E-state index is 0.278. The Morgan fingerprint density at radius 3 is 2.83 bits per heavy atom. The number of aromatic amines is 2. The summed E-state index contributed by atoms with van der Waals surface area (Å²) in [5, 5.41) is 11.4. The summed E-state index contributed by atoms with van der Waals surface area (Å²) in [6.45, 7) is 3.71. The Morgan fingerprint density at radius 2 is 2.06 bits per heavy atom. The lowest BCUT2D eigenvalue weighted by Crippen LogP contribution is -2.29. The maximum absolute atomic E-state index is 11.4. The molecule has 0 bridgehead atoms. The number of rotatable bonds is 8. The van der Waals surface area contributed by atoms with Gasteiger partial charge in [0.1, 0.15) is 0 Å². The van der Waals surface area contributed by atoms with Crippen molar-refractivity contribution in [3.8, 4) is 0 Å². The van der Waals surface area contributed by atoms with Crippen LogP contribution in [0.2, 0.25) is 10.0 Å². The highest BCUT2D eigenvalue weighted by atomic mass is 35.5. The predicted molar refractivity (Wildman–Crippen MR) is 144 cm³/mol. The predicted octanol–water partition coefficient (Wildman–Crippen LogP) is 6.36. The van der Waals surface area contributed by atoms with Crippen LogP contribution in [0.5, 0.6) is 0 Å². The molecule has 0 saturated carbocycles. The first-order valence-electron chi connectivity index (χ1n) is 12.0. The highest BCUT2D eigenvalue weighted by Gasteiger charge is 2.29. The van der Waals surface area contributed by atoms with Gasteiger partial charge in [0.2, 0.25) is 0 Å². The van der Waals surface area contributed by atoms with Crippen LogP contribution < -0.4 is 5.48 Å². The molecule has 0 radical (unpaired) electrons. The third kappa shape index (κ3) is 5.08. The summed E-state index contributed by atoms with van der Waals surface area (Å²) in [6, 6.07) is 12.6. The van der Waals surface area contributed by atoms with Crippen LogP contribution in [0.3, 0.4) is 0 Å². The molecule has 0 spiro atoms. The SMILES string of the molecule is Cc1c(Cl)c[nH]c1CN(CCc1c[nH]c2cc(Cl)ccc12)C1CCc2cc(C=CC(=O)NO)ccc21.